The van der Waals surface area contributed by atoms with E-state index in [4.69, 9.17) is 0 Å². The van der Waals surface area contributed by atoms with E-state index in [0.29, 0.717) is 19.1 Å². The number of aromatic nitrogens is 5. The van der Waals surface area contributed by atoms with Crippen LogP contribution in [0.15, 0.2) is 59.4 Å². The maximum Gasteiger partial charge on any atom is 0.252 e. The Kier molecular flexibility index (Phi) is 7.04. The Balaban J connectivity index is 1.52. The van der Waals surface area contributed by atoms with Crippen LogP contribution in [-0.4, -0.2) is 36.1 Å². The predicted molar refractivity (Wildman–Crippen MR) is 138 cm³/mol. The number of hydrogen-bond acceptors (Lipinski definition) is 5. The molecule has 2 heterocycles. The summed E-state index contributed by atoms with van der Waals surface area (Å²) in [7, 11) is 0. The molecule has 1 N–H and O–H groups in total. The van der Waals surface area contributed by atoms with Gasteiger partial charge in [0.1, 0.15) is 0 Å². The fraction of sp³-hybridized carbons (Fsp3) is 0.429. The number of nitrogens with one attached hydrogen (secondary N) is 1. The molecular formula is C28H34N6O. The number of benzene rings is 2. The summed E-state index contributed by atoms with van der Waals surface area (Å²) >= 11 is 0. The van der Waals surface area contributed by atoms with Crippen LogP contribution in [-0.2, 0) is 13.1 Å². The van der Waals surface area contributed by atoms with E-state index in [2.05, 4.69) is 56.6 Å². The second kappa shape index (κ2) is 10.5. The molecule has 182 valence electrons. The highest BCUT2D eigenvalue weighted by Crippen LogP contribution is 2.34. The van der Waals surface area contributed by atoms with E-state index < -0.39 is 0 Å². The SMILES string of the molecule is CCCC(c1nnnn1Cc1ccccc1)N(Cc1cc2cccc(C)c2[nH]c1=O)C1CCCC1. The van der Waals surface area contributed by atoms with Crippen LogP contribution in [0.3, 0.4) is 0 Å². The molecule has 5 rings (SSSR count). The molecule has 1 atom stereocenters. The van der Waals surface area contributed by atoms with Crippen molar-refractivity contribution < 1.29 is 0 Å². The van der Waals surface area contributed by atoms with Crippen molar-refractivity contribution in [3.8, 4) is 0 Å². The molecule has 1 saturated carbocycles. The number of rotatable bonds is 9. The maximum absolute atomic E-state index is 13.2. The Hall–Kier alpha value is -3.32. The van der Waals surface area contributed by atoms with Gasteiger partial charge in [-0.2, -0.15) is 0 Å². The van der Waals surface area contributed by atoms with Crippen LogP contribution in [0.1, 0.15) is 74.0 Å². The molecule has 35 heavy (non-hydrogen) atoms. The van der Waals surface area contributed by atoms with Crippen LogP contribution in [0.5, 0.6) is 0 Å². The summed E-state index contributed by atoms with van der Waals surface area (Å²) in [4.78, 5) is 18.8. The van der Waals surface area contributed by atoms with Crippen molar-refractivity contribution in [2.24, 2.45) is 0 Å². The number of tetrazole rings is 1. The fourth-order valence-corrected chi connectivity index (χ4v) is 5.51. The van der Waals surface area contributed by atoms with Gasteiger partial charge in [-0.15, -0.1) is 5.10 Å². The average molecular weight is 471 g/mol. The summed E-state index contributed by atoms with van der Waals surface area (Å²) in [5, 5.41) is 14.0. The molecule has 1 aliphatic rings. The number of para-hydroxylation sites is 1. The first kappa shape index (κ1) is 23.4. The zero-order valence-corrected chi connectivity index (χ0v) is 20.7. The van der Waals surface area contributed by atoms with Gasteiger partial charge in [0.2, 0.25) is 0 Å². The summed E-state index contributed by atoms with van der Waals surface area (Å²) in [5.74, 6) is 0.885. The minimum absolute atomic E-state index is 0.00563. The third-order valence-electron chi connectivity index (χ3n) is 7.31. The van der Waals surface area contributed by atoms with Crippen LogP contribution >= 0.6 is 0 Å². The first-order valence-corrected chi connectivity index (χ1v) is 12.8. The van der Waals surface area contributed by atoms with E-state index in [1.165, 1.54) is 18.4 Å². The van der Waals surface area contributed by atoms with Gasteiger partial charge in [0, 0.05) is 18.2 Å². The third-order valence-corrected chi connectivity index (χ3v) is 7.31. The second-order valence-electron chi connectivity index (χ2n) is 9.76. The maximum atomic E-state index is 13.2. The molecule has 0 radical (unpaired) electrons. The van der Waals surface area contributed by atoms with Gasteiger partial charge in [0.25, 0.3) is 5.56 Å². The topological polar surface area (TPSA) is 79.7 Å². The second-order valence-corrected chi connectivity index (χ2v) is 9.76. The quantitative estimate of drug-likeness (QED) is 0.366. The highest BCUT2D eigenvalue weighted by molar-refractivity contribution is 5.81. The molecule has 7 heteroatoms. The largest absolute Gasteiger partial charge is 0.321 e. The van der Waals surface area contributed by atoms with Crippen molar-refractivity contribution in [1.82, 2.24) is 30.1 Å². The molecule has 0 amide bonds. The van der Waals surface area contributed by atoms with E-state index in [1.54, 1.807) is 0 Å². The lowest BCUT2D eigenvalue weighted by molar-refractivity contribution is 0.108. The molecule has 4 aromatic rings. The molecular weight excluding hydrogens is 436 g/mol. The van der Waals surface area contributed by atoms with Crippen LogP contribution in [0.4, 0.5) is 0 Å². The van der Waals surface area contributed by atoms with Gasteiger partial charge < -0.3 is 4.98 Å². The van der Waals surface area contributed by atoms with E-state index in [0.717, 1.165) is 53.5 Å². The number of fused-ring (bicyclic) bond motifs is 1. The smallest absolute Gasteiger partial charge is 0.252 e. The molecule has 2 aromatic heterocycles. The van der Waals surface area contributed by atoms with Gasteiger partial charge in [0.15, 0.2) is 5.82 Å². The first-order chi connectivity index (χ1) is 17.1. The average Bonchev–Trinajstić information content (AvgIpc) is 3.56. The van der Waals surface area contributed by atoms with Gasteiger partial charge in [0.05, 0.1) is 18.1 Å². The summed E-state index contributed by atoms with van der Waals surface area (Å²) in [6.45, 7) is 5.47. The molecule has 7 nitrogen and oxygen atoms in total. The van der Waals surface area contributed by atoms with E-state index >= 15 is 0 Å². The van der Waals surface area contributed by atoms with Crippen molar-refractivity contribution in [3.05, 3.63) is 87.5 Å². The van der Waals surface area contributed by atoms with E-state index in [9.17, 15) is 4.79 Å². The lowest BCUT2D eigenvalue weighted by Gasteiger charge is -2.35. The number of pyridine rings is 1. The first-order valence-electron chi connectivity index (χ1n) is 12.8. The molecule has 0 saturated heterocycles. The fourth-order valence-electron chi connectivity index (χ4n) is 5.51. The van der Waals surface area contributed by atoms with Crippen LogP contribution in [0.2, 0.25) is 0 Å². The Morgan fingerprint density at radius 2 is 1.91 bits per heavy atom. The number of hydrogen-bond donors (Lipinski definition) is 1. The Morgan fingerprint density at radius 3 is 2.69 bits per heavy atom. The lowest BCUT2D eigenvalue weighted by Crippen LogP contribution is -2.39. The Bertz CT molecular complexity index is 1320. The van der Waals surface area contributed by atoms with Crippen molar-refractivity contribution in [2.45, 2.75) is 77.5 Å². The lowest BCUT2D eigenvalue weighted by atomic mass is 10.0. The van der Waals surface area contributed by atoms with Gasteiger partial charge >= 0.3 is 0 Å². The highest BCUT2D eigenvalue weighted by Gasteiger charge is 2.33. The molecule has 0 spiro atoms. The molecule has 1 fully saturated rings. The molecule has 2 aromatic carbocycles. The molecule has 1 unspecified atom stereocenters. The number of H-pyrrole nitrogens is 1. The van der Waals surface area contributed by atoms with Gasteiger partial charge in [-0.3, -0.25) is 9.69 Å². The zero-order chi connectivity index (χ0) is 24.2. The molecule has 0 aliphatic heterocycles. The molecule has 0 bridgehead atoms. The summed E-state index contributed by atoms with van der Waals surface area (Å²) in [6, 6.07) is 19.0. The van der Waals surface area contributed by atoms with Crippen LogP contribution in [0.25, 0.3) is 10.9 Å². The number of nitrogens with zero attached hydrogens (tertiary/aromatic N) is 5. The normalized spacial score (nSPS) is 15.3. The predicted octanol–water partition coefficient (Wildman–Crippen LogP) is 5.16. The summed E-state index contributed by atoms with van der Waals surface area (Å²) in [5.41, 5.74) is 3.98. The Morgan fingerprint density at radius 1 is 1.11 bits per heavy atom. The summed E-state index contributed by atoms with van der Waals surface area (Å²) in [6.07, 6.45) is 6.69. The van der Waals surface area contributed by atoms with Crippen molar-refractivity contribution in [2.75, 3.05) is 0 Å². The van der Waals surface area contributed by atoms with Crippen molar-refractivity contribution >= 4 is 10.9 Å². The number of aryl methyl sites for hydroxylation is 1. The minimum Gasteiger partial charge on any atom is -0.321 e. The minimum atomic E-state index is -0.00563. The Labute approximate surface area is 206 Å². The standard InChI is InChI=1S/C28H34N6O/c1-3-10-25(27-30-31-32-34(27)18-21-12-5-4-6-13-21)33(24-15-7-8-16-24)19-23-17-22-14-9-11-20(2)26(22)29-28(23)35/h4-6,9,11-14,17,24-25H,3,7-8,10,15-16,18-19H2,1-2H3,(H,29,35). The van der Waals surface area contributed by atoms with Crippen LogP contribution < -0.4 is 5.56 Å². The van der Waals surface area contributed by atoms with Crippen molar-refractivity contribution in [1.29, 1.82) is 0 Å². The third kappa shape index (κ3) is 5.05. The molecule has 1 aliphatic carbocycles. The van der Waals surface area contributed by atoms with Crippen molar-refractivity contribution in [3.63, 3.8) is 0 Å². The number of aromatic amines is 1. The zero-order valence-electron chi connectivity index (χ0n) is 20.7. The highest BCUT2D eigenvalue weighted by atomic mass is 16.1. The monoisotopic (exact) mass is 470 g/mol. The summed E-state index contributed by atoms with van der Waals surface area (Å²) < 4.78 is 1.94. The van der Waals surface area contributed by atoms with Crippen LogP contribution in [0, 0.1) is 6.92 Å². The van der Waals surface area contributed by atoms with E-state index in [-0.39, 0.29) is 11.6 Å². The van der Waals surface area contributed by atoms with Gasteiger partial charge in [-0.25, -0.2) is 4.68 Å². The van der Waals surface area contributed by atoms with Gasteiger partial charge in [-0.1, -0.05) is 74.7 Å². The van der Waals surface area contributed by atoms with Gasteiger partial charge in [-0.05, 0) is 59.2 Å². The van der Waals surface area contributed by atoms with E-state index in [1.807, 2.05) is 41.9 Å².